The van der Waals surface area contributed by atoms with Crippen LogP contribution in [0.4, 0.5) is 11.4 Å². The molecule has 0 fully saturated rings. The lowest BCUT2D eigenvalue weighted by Crippen LogP contribution is -2.34. The van der Waals surface area contributed by atoms with Crippen LogP contribution in [0.2, 0.25) is 0 Å². The maximum Gasteiger partial charge on any atom is 0.337 e. The van der Waals surface area contributed by atoms with Crippen molar-refractivity contribution in [1.82, 2.24) is 5.32 Å². The summed E-state index contributed by atoms with van der Waals surface area (Å²) in [6.07, 6.45) is 0. The van der Waals surface area contributed by atoms with E-state index in [4.69, 9.17) is 12.2 Å². The number of anilines is 2. The first kappa shape index (κ1) is 22.6. The monoisotopic (exact) mass is 447 g/mol. The van der Waals surface area contributed by atoms with E-state index in [0.717, 1.165) is 5.56 Å². The van der Waals surface area contributed by atoms with E-state index in [1.165, 1.54) is 13.2 Å². The van der Waals surface area contributed by atoms with Crippen LogP contribution in [0.1, 0.15) is 36.6 Å². The minimum Gasteiger partial charge on any atom is -0.465 e. The van der Waals surface area contributed by atoms with E-state index in [2.05, 4.69) is 20.7 Å². The number of thiocarbonyl (C=S) groups is 1. The second-order valence-corrected chi connectivity index (χ2v) is 7.29. The van der Waals surface area contributed by atoms with Gasteiger partial charge in [0.2, 0.25) is 0 Å². The maximum absolute atomic E-state index is 12.4. The first-order valence-electron chi connectivity index (χ1n) is 9.64. The molecule has 3 aromatic carbocycles. The van der Waals surface area contributed by atoms with E-state index in [1.807, 2.05) is 25.1 Å². The minimum atomic E-state index is -0.532. The van der Waals surface area contributed by atoms with Crippen LogP contribution in [-0.4, -0.2) is 30.0 Å². The van der Waals surface area contributed by atoms with Gasteiger partial charge in [0.1, 0.15) is 0 Å². The van der Waals surface area contributed by atoms with Crippen molar-refractivity contribution < 1.29 is 19.1 Å². The molecular formula is C24H21N3O4S. The molecule has 8 heteroatoms. The van der Waals surface area contributed by atoms with Crippen molar-refractivity contribution in [2.75, 3.05) is 17.7 Å². The molecule has 0 heterocycles. The van der Waals surface area contributed by atoms with Crippen molar-refractivity contribution in [3.63, 3.8) is 0 Å². The van der Waals surface area contributed by atoms with Crippen molar-refractivity contribution in [3.05, 3.63) is 95.1 Å². The molecule has 0 unspecified atom stereocenters. The lowest BCUT2D eigenvalue weighted by molar-refractivity contribution is 0.0600. The van der Waals surface area contributed by atoms with E-state index < -0.39 is 11.9 Å². The van der Waals surface area contributed by atoms with Gasteiger partial charge in [-0.25, -0.2) is 4.79 Å². The van der Waals surface area contributed by atoms with Gasteiger partial charge >= 0.3 is 5.97 Å². The van der Waals surface area contributed by atoms with Crippen LogP contribution in [-0.2, 0) is 4.74 Å². The molecule has 0 aliphatic carbocycles. The Hall–Kier alpha value is -4.04. The molecule has 0 aliphatic rings. The molecule has 7 nitrogen and oxygen atoms in total. The average molecular weight is 448 g/mol. The van der Waals surface area contributed by atoms with E-state index in [-0.39, 0.29) is 22.1 Å². The number of ether oxygens (including phenoxy) is 1. The van der Waals surface area contributed by atoms with Crippen molar-refractivity contribution in [2.24, 2.45) is 0 Å². The predicted molar refractivity (Wildman–Crippen MR) is 127 cm³/mol. The maximum atomic E-state index is 12.4. The number of carbonyl (C=O) groups excluding carboxylic acids is 3. The molecule has 32 heavy (non-hydrogen) atoms. The highest BCUT2D eigenvalue weighted by molar-refractivity contribution is 7.80. The van der Waals surface area contributed by atoms with Gasteiger partial charge in [-0.3, -0.25) is 14.9 Å². The van der Waals surface area contributed by atoms with E-state index in [9.17, 15) is 14.4 Å². The fourth-order valence-electron chi connectivity index (χ4n) is 2.87. The summed E-state index contributed by atoms with van der Waals surface area (Å²) in [5.74, 6) is -1.20. The third kappa shape index (κ3) is 5.99. The zero-order valence-corrected chi connectivity index (χ0v) is 18.3. The Morgan fingerprint density at radius 1 is 0.750 bits per heavy atom. The highest BCUT2D eigenvalue weighted by Gasteiger charge is 2.12. The van der Waals surface area contributed by atoms with Crippen LogP contribution >= 0.6 is 12.2 Å². The van der Waals surface area contributed by atoms with Gasteiger partial charge in [-0.15, -0.1) is 0 Å². The smallest absolute Gasteiger partial charge is 0.337 e. The van der Waals surface area contributed by atoms with Crippen LogP contribution < -0.4 is 16.0 Å². The number of amides is 2. The van der Waals surface area contributed by atoms with E-state index >= 15 is 0 Å². The second kappa shape index (κ2) is 10.3. The predicted octanol–water partition coefficient (Wildman–Crippen LogP) is 4.16. The quantitative estimate of drug-likeness (QED) is 0.401. The summed E-state index contributed by atoms with van der Waals surface area (Å²) >= 11 is 5.19. The number of nitrogens with one attached hydrogen (secondary N) is 3. The highest BCUT2D eigenvalue weighted by atomic mass is 32.1. The summed E-state index contributed by atoms with van der Waals surface area (Å²) in [5.41, 5.74) is 3.37. The fourth-order valence-corrected chi connectivity index (χ4v) is 3.08. The van der Waals surface area contributed by atoms with Crippen LogP contribution in [0.15, 0.2) is 72.8 Å². The topological polar surface area (TPSA) is 96.5 Å². The summed E-state index contributed by atoms with van der Waals surface area (Å²) in [6, 6.07) is 20.3. The van der Waals surface area contributed by atoms with Crippen molar-refractivity contribution in [1.29, 1.82) is 0 Å². The molecule has 0 saturated heterocycles. The van der Waals surface area contributed by atoms with Crippen molar-refractivity contribution >= 4 is 46.5 Å². The zero-order valence-electron chi connectivity index (χ0n) is 17.5. The van der Waals surface area contributed by atoms with Crippen molar-refractivity contribution in [3.8, 4) is 0 Å². The standard InChI is InChI=1S/C24H21N3O4S/c1-15-5-3-6-16(13-15)21(28)25-19-9-11-20(12-10-19)26-24(32)27-22(29)17-7-4-8-18(14-17)23(30)31-2/h3-14H,1-2H3,(H,25,28)(H2,26,27,29,32). The minimum absolute atomic E-state index is 0.0926. The number of esters is 1. The molecule has 0 saturated carbocycles. The number of benzene rings is 3. The molecule has 0 spiro atoms. The third-order valence-electron chi connectivity index (χ3n) is 4.45. The molecule has 0 aromatic heterocycles. The van der Waals surface area contributed by atoms with Gasteiger partial charge in [-0.2, -0.15) is 0 Å². The molecule has 2 amide bonds. The number of hydrogen-bond donors (Lipinski definition) is 3. The molecule has 0 atom stereocenters. The first-order valence-corrected chi connectivity index (χ1v) is 10.1. The number of methoxy groups -OCH3 is 1. The highest BCUT2D eigenvalue weighted by Crippen LogP contribution is 2.15. The molecule has 0 radical (unpaired) electrons. The number of rotatable bonds is 5. The van der Waals surface area contributed by atoms with Crippen LogP contribution in [0.25, 0.3) is 0 Å². The molecule has 162 valence electrons. The Morgan fingerprint density at radius 2 is 1.31 bits per heavy atom. The summed E-state index contributed by atoms with van der Waals surface area (Å²) < 4.78 is 4.66. The lowest BCUT2D eigenvalue weighted by Gasteiger charge is -2.11. The van der Waals surface area contributed by atoms with Gasteiger partial charge in [0.15, 0.2) is 5.11 Å². The van der Waals surface area contributed by atoms with E-state index in [1.54, 1.807) is 48.5 Å². The number of hydrogen-bond acceptors (Lipinski definition) is 5. The molecule has 3 rings (SSSR count). The van der Waals surface area contributed by atoms with Crippen LogP contribution in [0.5, 0.6) is 0 Å². The molecule has 3 aromatic rings. The van der Waals surface area contributed by atoms with Gasteiger partial charge in [-0.05, 0) is 73.7 Å². The van der Waals surface area contributed by atoms with Gasteiger partial charge in [0.25, 0.3) is 11.8 Å². The van der Waals surface area contributed by atoms with Crippen LogP contribution in [0.3, 0.4) is 0 Å². The normalized spacial score (nSPS) is 10.1. The molecule has 3 N–H and O–H groups in total. The number of carbonyl (C=O) groups is 3. The SMILES string of the molecule is COC(=O)c1cccc(C(=O)NC(=S)Nc2ccc(NC(=O)c3cccc(C)c3)cc2)c1. The van der Waals surface area contributed by atoms with Crippen LogP contribution in [0, 0.1) is 6.92 Å². The zero-order chi connectivity index (χ0) is 23.1. The Labute approximate surface area is 190 Å². The van der Waals surface area contributed by atoms with Crippen molar-refractivity contribution in [2.45, 2.75) is 6.92 Å². The lowest BCUT2D eigenvalue weighted by atomic mass is 10.1. The summed E-state index contributed by atoms with van der Waals surface area (Å²) in [4.78, 5) is 36.4. The molecular weight excluding hydrogens is 426 g/mol. The third-order valence-corrected chi connectivity index (χ3v) is 4.66. The molecule has 0 bridgehead atoms. The Morgan fingerprint density at radius 3 is 1.94 bits per heavy atom. The average Bonchev–Trinajstić information content (AvgIpc) is 2.79. The number of aryl methyl sites for hydroxylation is 1. The summed E-state index contributed by atoms with van der Waals surface area (Å²) in [6.45, 7) is 1.93. The Kier molecular flexibility index (Phi) is 7.30. The summed E-state index contributed by atoms with van der Waals surface area (Å²) in [5, 5.41) is 8.39. The van der Waals surface area contributed by atoms with Gasteiger partial charge < -0.3 is 15.4 Å². The van der Waals surface area contributed by atoms with Gasteiger partial charge in [-0.1, -0.05) is 23.8 Å². The Bertz CT molecular complexity index is 1180. The van der Waals surface area contributed by atoms with Gasteiger partial charge in [0, 0.05) is 22.5 Å². The first-order chi connectivity index (χ1) is 15.4. The van der Waals surface area contributed by atoms with Gasteiger partial charge in [0.05, 0.1) is 12.7 Å². The second-order valence-electron chi connectivity index (χ2n) is 6.88. The summed E-state index contributed by atoms with van der Waals surface area (Å²) in [7, 11) is 1.27. The molecule has 0 aliphatic heterocycles. The Balaban J connectivity index is 1.57. The fraction of sp³-hybridized carbons (Fsp3) is 0.0833. The van der Waals surface area contributed by atoms with E-state index in [0.29, 0.717) is 16.9 Å². The largest absolute Gasteiger partial charge is 0.465 e.